The number of esters is 1. The smallest absolute Gasteiger partial charge is 0.363 e. The fraction of sp³-hybridized carbons (Fsp3) is 0.917. The molecule has 8 nitrogen and oxygen atoms in total. The van der Waals surface area contributed by atoms with E-state index in [1.54, 1.807) is 20.8 Å². The highest BCUT2D eigenvalue weighted by molar-refractivity contribution is 7.56. The Kier molecular flexibility index (Phi) is 8.43. The summed E-state index contributed by atoms with van der Waals surface area (Å²) in [5.74, 6) is -0.557. The first kappa shape index (κ1) is 20.0. The third-order valence-corrected chi connectivity index (χ3v) is 6.79. The summed E-state index contributed by atoms with van der Waals surface area (Å²) in [6.07, 6.45) is -0.288. The standard InChI is InChI=1S/C12H24O8P2/c1-5-15-11(13)10-12(4,20-21-16-8-9-17-21)22(14,18-6-2)19-7-3/h5-10H2,1-4H3. The van der Waals surface area contributed by atoms with E-state index in [1.165, 1.54) is 6.92 Å². The molecule has 22 heavy (non-hydrogen) atoms. The van der Waals surface area contributed by atoms with E-state index in [4.69, 9.17) is 27.4 Å². The van der Waals surface area contributed by atoms with Crippen molar-refractivity contribution < 1.29 is 36.7 Å². The molecule has 1 rings (SSSR count). The van der Waals surface area contributed by atoms with Crippen molar-refractivity contribution in [3.8, 4) is 0 Å². The quantitative estimate of drug-likeness (QED) is 0.434. The first-order chi connectivity index (χ1) is 10.4. The Bertz CT molecular complexity index is 389. The number of hydrogen-bond acceptors (Lipinski definition) is 8. The maximum absolute atomic E-state index is 13.1. The van der Waals surface area contributed by atoms with Crippen LogP contribution < -0.4 is 0 Å². The van der Waals surface area contributed by atoms with Crippen molar-refractivity contribution >= 4 is 22.2 Å². The summed E-state index contributed by atoms with van der Waals surface area (Å²) in [4.78, 5) is 11.9. The Morgan fingerprint density at radius 2 is 1.68 bits per heavy atom. The van der Waals surface area contributed by atoms with Crippen LogP contribution in [0.15, 0.2) is 0 Å². The Morgan fingerprint density at radius 3 is 2.14 bits per heavy atom. The summed E-state index contributed by atoms with van der Waals surface area (Å²) in [5, 5.41) is -1.54. The van der Waals surface area contributed by atoms with Crippen LogP contribution in [0.2, 0.25) is 0 Å². The zero-order chi connectivity index (χ0) is 16.6. The van der Waals surface area contributed by atoms with Crippen LogP contribution >= 0.6 is 16.2 Å². The lowest BCUT2D eigenvalue weighted by molar-refractivity contribution is -0.146. The van der Waals surface area contributed by atoms with Crippen LogP contribution in [0.1, 0.15) is 34.1 Å². The molecule has 1 aliphatic rings. The minimum Gasteiger partial charge on any atom is -0.466 e. The topological polar surface area (TPSA) is 89.5 Å². The van der Waals surface area contributed by atoms with Gasteiger partial charge in [0, 0.05) is 0 Å². The Labute approximate surface area is 132 Å². The largest absolute Gasteiger partial charge is 0.466 e. The second-order valence-electron chi connectivity index (χ2n) is 4.47. The molecule has 0 radical (unpaired) electrons. The monoisotopic (exact) mass is 358 g/mol. The van der Waals surface area contributed by atoms with E-state index < -0.39 is 27.5 Å². The van der Waals surface area contributed by atoms with Gasteiger partial charge in [0.2, 0.25) is 0 Å². The van der Waals surface area contributed by atoms with Crippen molar-refractivity contribution in [2.24, 2.45) is 0 Å². The van der Waals surface area contributed by atoms with Gasteiger partial charge in [-0.2, -0.15) is 0 Å². The van der Waals surface area contributed by atoms with E-state index >= 15 is 0 Å². The molecule has 0 amide bonds. The fourth-order valence-electron chi connectivity index (χ4n) is 1.78. The van der Waals surface area contributed by atoms with Crippen molar-refractivity contribution in [3.05, 3.63) is 0 Å². The number of rotatable bonds is 10. The molecular weight excluding hydrogens is 334 g/mol. The van der Waals surface area contributed by atoms with Gasteiger partial charge in [-0.1, -0.05) is 0 Å². The van der Waals surface area contributed by atoms with Gasteiger partial charge in [0.1, 0.15) is 0 Å². The van der Waals surface area contributed by atoms with E-state index in [2.05, 4.69) is 0 Å². The molecule has 1 atom stereocenters. The van der Waals surface area contributed by atoms with Crippen LogP contribution in [0.4, 0.5) is 0 Å². The van der Waals surface area contributed by atoms with Gasteiger partial charge < -0.3 is 22.8 Å². The molecule has 0 bridgehead atoms. The lowest BCUT2D eigenvalue weighted by atomic mass is 10.3. The lowest BCUT2D eigenvalue weighted by Crippen LogP contribution is -2.33. The van der Waals surface area contributed by atoms with Gasteiger partial charge in [0.15, 0.2) is 5.34 Å². The van der Waals surface area contributed by atoms with Gasteiger partial charge in [-0.25, -0.2) is 0 Å². The molecule has 130 valence electrons. The zero-order valence-electron chi connectivity index (χ0n) is 13.4. The molecule has 0 spiro atoms. The van der Waals surface area contributed by atoms with Crippen LogP contribution in [-0.2, 0) is 36.7 Å². The second kappa shape index (κ2) is 9.28. The number of ether oxygens (including phenoxy) is 1. The van der Waals surface area contributed by atoms with Crippen LogP contribution in [0.25, 0.3) is 0 Å². The summed E-state index contributed by atoms with van der Waals surface area (Å²) in [6, 6.07) is 0. The maximum atomic E-state index is 13.1. The molecule has 1 heterocycles. The minimum absolute atomic E-state index is 0.151. The Hall–Kier alpha value is -0.0700. The van der Waals surface area contributed by atoms with Crippen molar-refractivity contribution in [1.29, 1.82) is 0 Å². The van der Waals surface area contributed by atoms with Crippen molar-refractivity contribution in [2.45, 2.75) is 39.5 Å². The van der Waals surface area contributed by atoms with Gasteiger partial charge in [-0.05, 0) is 27.7 Å². The highest BCUT2D eigenvalue weighted by atomic mass is 31.2. The van der Waals surface area contributed by atoms with Crippen LogP contribution in [0.5, 0.6) is 0 Å². The van der Waals surface area contributed by atoms with E-state index in [-0.39, 0.29) is 26.2 Å². The van der Waals surface area contributed by atoms with Gasteiger partial charge in [-0.3, -0.25) is 13.9 Å². The molecular formula is C12H24O8P2. The predicted octanol–water partition coefficient (Wildman–Crippen LogP) is 3.21. The van der Waals surface area contributed by atoms with Crippen molar-refractivity contribution in [3.63, 3.8) is 0 Å². The Balaban J connectivity index is 2.99. The number of hydrogen-bond donors (Lipinski definition) is 0. The normalized spacial score (nSPS) is 19.1. The predicted molar refractivity (Wildman–Crippen MR) is 80.4 cm³/mol. The van der Waals surface area contributed by atoms with Gasteiger partial charge >= 0.3 is 22.2 Å². The molecule has 1 fully saturated rings. The summed E-state index contributed by atoms with van der Waals surface area (Å²) in [5.41, 5.74) is 0. The van der Waals surface area contributed by atoms with Crippen LogP contribution in [0.3, 0.4) is 0 Å². The average molecular weight is 358 g/mol. The summed E-state index contributed by atoms with van der Waals surface area (Å²) >= 11 is 0. The van der Waals surface area contributed by atoms with E-state index in [0.717, 1.165) is 0 Å². The highest BCUT2D eigenvalue weighted by Gasteiger charge is 2.53. The van der Waals surface area contributed by atoms with E-state index in [1.807, 2.05) is 0 Å². The molecule has 1 saturated heterocycles. The van der Waals surface area contributed by atoms with Crippen molar-refractivity contribution in [2.75, 3.05) is 33.0 Å². The van der Waals surface area contributed by atoms with Crippen molar-refractivity contribution in [1.82, 2.24) is 0 Å². The van der Waals surface area contributed by atoms with E-state index in [0.29, 0.717) is 13.2 Å². The van der Waals surface area contributed by atoms with Gasteiger partial charge in [0.05, 0.1) is 39.5 Å². The zero-order valence-corrected chi connectivity index (χ0v) is 15.2. The third-order valence-electron chi connectivity index (χ3n) is 2.70. The third kappa shape index (κ3) is 5.24. The molecule has 0 saturated carbocycles. The fourth-order valence-corrected chi connectivity index (χ4v) is 5.02. The second-order valence-corrected chi connectivity index (χ2v) is 8.07. The summed E-state index contributed by atoms with van der Waals surface area (Å²) < 4.78 is 44.9. The van der Waals surface area contributed by atoms with E-state index in [9.17, 15) is 9.36 Å². The molecule has 1 unspecified atom stereocenters. The molecule has 0 N–H and O–H groups in total. The van der Waals surface area contributed by atoms with Gasteiger partial charge in [0.25, 0.3) is 0 Å². The molecule has 0 aromatic heterocycles. The molecule has 1 aliphatic heterocycles. The number of carbonyl (C=O) groups excluding carboxylic acids is 1. The highest BCUT2D eigenvalue weighted by Crippen LogP contribution is 2.66. The molecule has 0 aromatic rings. The maximum Gasteiger partial charge on any atom is 0.363 e. The van der Waals surface area contributed by atoms with Crippen LogP contribution in [-0.4, -0.2) is 44.3 Å². The minimum atomic E-state index is -3.74. The van der Waals surface area contributed by atoms with Gasteiger partial charge in [-0.15, -0.1) is 0 Å². The summed E-state index contributed by atoms with van der Waals surface area (Å²) in [7, 11) is -5.44. The summed E-state index contributed by atoms with van der Waals surface area (Å²) in [6.45, 7) is 7.83. The SMILES string of the molecule is CCOC(=O)CC(C)(OP1OCCO1)P(=O)(OCC)OCC. The van der Waals surface area contributed by atoms with Crippen LogP contribution in [0, 0.1) is 0 Å². The molecule has 0 aliphatic carbocycles. The first-order valence-electron chi connectivity index (χ1n) is 7.20. The lowest BCUT2D eigenvalue weighted by Gasteiger charge is -2.35. The average Bonchev–Trinajstić information content (AvgIpc) is 2.91. The molecule has 0 aromatic carbocycles. The Morgan fingerprint density at radius 1 is 1.14 bits per heavy atom. The first-order valence-corrected chi connectivity index (χ1v) is 9.84. The number of carbonyl (C=O) groups is 1. The molecule has 10 heteroatoms.